The quantitative estimate of drug-likeness (QED) is 0.658. The first-order chi connectivity index (χ1) is 7.82. The molecule has 0 aliphatic heterocycles. The number of H-pyrrole nitrogens is 1. The van der Waals surface area contributed by atoms with E-state index in [0.717, 1.165) is 3.71 Å². The first-order valence-electron chi connectivity index (χ1n) is 5.21. The zero-order valence-corrected chi connectivity index (χ0v) is 13.6. The molecule has 0 aromatic carbocycles. The third kappa shape index (κ3) is 2.82. The predicted octanol–water partition coefficient (Wildman–Crippen LogP) is 1.13. The Hall–Kier alpha value is -0.981. The topological polar surface area (TPSA) is 68.4 Å². The average molecular weight is 346 g/mol. The maximum absolute atomic E-state index is 11.8. The van der Waals surface area contributed by atoms with Crippen molar-refractivity contribution >= 4 is 34.0 Å². The van der Waals surface area contributed by atoms with Crippen LogP contribution in [0.15, 0.2) is 6.20 Å². The summed E-state index contributed by atoms with van der Waals surface area (Å²) in [4.78, 5) is 32.8. The Labute approximate surface area is 104 Å². The van der Waals surface area contributed by atoms with Crippen molar-refractivity contribution in [1.29, 1.82) is 0 Å². The van der Waals surface area contributed by atoms with Crippen LogP contribution >= 0.6 is 0 Å². The van der Waals surface area contributed by atoms with Crippen molar-refractivity contribution in [3.63, 3.8) is 0 Å². The molecule has 1 heterocycles. The van der Waals surface area contributed by atoms with Crippen LogP contribution in [0.4, 0.5) is 0 Å². The van der Waals surface area contributed by atoms with Crippen LogP contribution in [-0.2, 0) is 9.47 Å². The summed E-state index contributed by atoms with van der Waals surface area (Å²) in [7, 11) is 2.59. The number of methoxy groups -OCH3 is 2. The summed E-state index contributed by atoms with van der Waals surface area (Å²) in [6.45, 7) is 0. The first kappa shape index (κ1) is 14.1. The number of rotatable bonds is 3. The average Bonchev–Trinajstić information content (AvgIpc) is 2.70. The van der Waals surface area contributed by atoms with E-state index in [-0.39, 0.29) is 5.56 Å². The number of nitrogens with one attached hydrogen (secondary N) is 1. The molecule has 0 aliphatic rings. The van der Waals surface area contributed by atoms with Gasteiger partial charge in [0.2, 0.25) is 0 Å². The molecule has 0 bridgehead atoms. The van der Waals surface area contributed by atoms with Gasteiger partial charge in [-0.2, -0.15) is 0 Å². The molecular weight excluding hydrogens is 329 g/mol. The minimum atomic E-state index is -2.51. The van der Waals surface area contributed by atoms with E-state index in [1.54, 1.807) is 0 Å². The van der Waals surface area contributed by atoms with E-state index in [1.807, 2.05) is 0 Å². The zero-order valence-electron chi connectivity index (χ0n) is 10.7. The fourth-order valence-corrected chi connectivity index (χ4v) is 5.86. The summed E-state index contributed by atoms with van der Waals surface area (Å²) in [6, 6.07) is 0. The predicted molar refractivity (Wildman–Crippen MR) is 66.5 cm³/mol. The molecule has 0 atom stereocenters. The van der Waals surface area contributed by atoms with Gasteiger partial charge in [-0.1, -0.05) is 0 Å². The summed E-state index contributed by atoms with van der Waals surface area (Å²) < 4.78 is 10.3. The number of carbonyl (C=O) groups is 2. The fraction of sp³-hybridized carbons (Fsp3) is 0.455. The van der Waals surface area contributed by atoms with E-state index in [2.05, 4.69) is 24.5 Å². The molecule has 1 aromatic heterocycles. The van der Waals surface area contributed by atoms with Crippen molar-refractivity contribution in [1.82, 2.24) is 4.98 Å². The van der Waals surface area contributed by atoms with Crippen LogP contribution in [-0.4, -0.2) is 49.5 Å². The Balaban J connectivity index is 3.40. The molecule has 0 saturated carbocycles. The third-order valence-electron chi connectivity index (χ3n) is 2.43. The van der Waals surface area contributed by atoms with Crippen LogP contribution in [0.2, 0.25) is 14.8 Å². The molecule has 0 aliphatic carbocycles. The van der Waals surface area contributed by atoms with Gasteiger partial charge in [-0.05, 0) is 0 Å². The van der Waals surface area contributed by atoms with E-state index in [4.69, 9.17) is 4.74 Å². The second-order valence-corrected chi connectivity index (χ2v) is 19.0. The minimum absolute atomic E-state index is 0.251. The van der Waals surface area contributed by atoms with E-state index in [9.17, 15) is 9.59 Å². The standard InChI is InChI=1S/C8H8NO4.3CH3.Sn/c1-12-7(10)5-3-9-4-6(5)8(11)13-2;;;;/h3,9H,1-2H3;3*1H3;. The van der Waals surface area contributed by atoms with Gasteiger partial charge in [-0.3, -0.25) is 0 Å². The molecular formula is C11H17NO4Sn. The molecule has 94 valence electrons. The Morgan fingerprint density at radius 3 is 2.06 bits per heavy atom. The van der Waals surface area contributed by atoms with Gasteiger partial charge in [-0.15, -0.1) is 0 Å². The van der Waals surface area contributed by atoms with Crippen molar-refractivity contribution in [2.24, 2.45) is 0 Å². The summed E-state index contributed by atoms with van der Waals surface area (Å²) in [5.74, 6) is -1.02. The molecule has 6 heteroatoms. The Kier molecular flexibility index (Phi) is 4.24. The number of hydrogen-bond donors (Lipinski definition) is 1. The monoisotopic (exact) mass is 347 g/mol. The molecule has 5 nitrogen and oxygen atoms in total. The molecule has 0 radical (unpaired) electrons. The molecule has 0 fully saturated rings. The van der Waals surface area contributed by atoms with Gasteiger partial charge in [0.05, 0.1) is 0 Å². The van der Waals surface area contributed by atoms with Crippen LogP contribution < -0.4 is 3.71 Å². The first-order valence-corrected chi connectivity index (χ1v) is 15.2. The number of carbonyl (C=O) groups excluding carboxylic acids is 2. The van der Waals surface area contributed by atoms with Crippen LogP contribution in [0.1, 0.15) is 20.7 Å². The molecule has 1 N–H and O–H groups in total. The third-order valence-corrected chi connectivity index (χ3v) is 7.83. The van der Waals surface area contributed by atoms with Gasteiger partial charge in [-0.25, -0.2) is 0 Å². The number of ether oxygens (including phenoxy) is 2. The molecule has 0 amide bonds. The van der Waals surface area contributed by atoms with Crippen molar-refractivity contribution in [2.45, 2.75) is 14.8 Å². The number of hydrogen-bond acceptors (Lipinski definition) is 4. The number of aromatic nitrogens is 1. The zero-order chi connectivity index (χ0) is 13.2. The summed E-state index contributed by atoms with van der Waals surface area (Å²) in [6.07, 6.45) is 1.52. The second-order valence-electron chi connectivity index (χ2n) is 4.69. The molecule has 0 spiro atoms. The molecule has 0 unspecified atom stereocenters. The van der Waals surface area contributed by atoms with Gasteiger partial charge in [0.15, 0.2) is 0 Å². The van der Waals surface area contributed by atoms with Gasteiger partial charge in [0.1, 0.15) is 0 Å². The maximum atomic E-state index is 11.8. The second kappa shape index (κ2) is 5.12. The van der Waals surface area contributed by atoms with Crippen LogP contribution in [0.25, 0.3) is 0 Å². The van der Waals surface area contributed by atoms with Crippen molar-refractivity contribution < 1.29 is 19.1 Å². The van der Waals surface area contributed by atoms with E-state index in [0.29, 0.717) is 5.56 Å². The molecule has 0 saturated heterocycles. The molecule has 1 aromatic rings. The van der Waals surface area contributed by atoms with Gasteiger partial charge >= 0.3 is 104 Å². The Morgan fingerprint density at radius 2 is 1.65 bits per heavy atom. The van der Waals surface area contributed by atoms with E-state index >= 15 is 0 Å². The van der Waals surface area contributed by atoms with Crippen molar-refractivity contribution in [3.05, 3.63) is 17.3 Å². The van der Waals surface area contributed by atoms with Gasteiger partial charge in [0.25, 0.3) is 0 Å². The summed E-state index contributed by atoms with van der Waals surface area (Å²) in [5, 5.41) is 0. The normalized spacial score (nSPS) is 11.1. The van der Waals surface area contributed by atoms with Gasteiger partial charge < -0.3 is 0 Å². The molecule has 1 rings (SSSR count). The van der Waals surface area contributed by atoms with Crippen molar-refractivity contribution in [2.75, 3.05) is 14.2 Å². The van der Waals surface area contributed by atoms with Crippen molar-refractivity contribution in [3.8, 4) is 0 Å². The molecule has 17 heavy (non-hydrogen) atoms. The summed E-state index contributed by atoms with van der Waals surface area (Å²) >= 11 is -2.51. The SMILES string of the molecule is COC(=O)c1c[nH][c]([Sn]([CH3])([CH3])[CH3])c1C(=O)OC. The van der Waals surface area contributed by atoms with Crippen LogP contribution in [0.3, 0.4) is 0 Å². The Bertz CT molecular complexity index is 445. The van der Waals surface area contributed by atoms with E-state index < -0.39 is 30.3 Å². The van der Waals surface area contributed by atoms with Crippen LogP contribution in [0, 0.1) is 0 Å². The van der Waals surface area contributed by atoms with Crippen LogP contribution in [0.5, 0.6) is 0 Å². The van der Waals surface area contributed by atoms with Gasteiger partial charge in [0, 0.05) is 0 Å². The Morgan fingerprint density at radius 1 is 1.12 bits per heavy atom. The fourth-order valence-electron chi connectivity index (χ4n) is 1.60. The number of aromatic amines is 1. The number of esters is 2. The summed E-state index contributed by atoms with van der Waals surface area (Å²) in [5.41, 5.74) is 0.587. The van der Waals surface area contributed by atoms with E-state index in [1.165, 1.54) is 20.4 Å².